The molecule has 0 unspecified atom stereocenters. The van der Waals surface area contributed by atoms with Crippen molar-refractivity contribution in [2.45, 2.75) is 84.1 Å². The second-order valence-corrected chi connectivity index (χ2v) is 9.82. The zero-order chi connectivity index (χ0) is 22.0. The summed E-state index contributed by atoms with van der Waals surface area (Å²) in [4.78, 5) is 26.2. The molecule has 1 aromatic carbocycles. The summed E-state index contributed by atoms with van der Waals surface area (Å²) >= 11 is 0. The molecule has 0 saturated carbocycles. The van der Waals surface area contributed by atoms with E-state index in [0.29, 0.717) is 12.8 Å². The molecule has 0 fully saturated rings. The van der Waals surface area contributed by atoms with E-state index < -0.39 is 32.8 Å². The van der Waals surface area contributed by atoms with Gasteiger partial charge in [0.05, 0.1) is 11.0 Å². The first-order chi connectivity index (χ1) is 13.7. The van der Waals surface area contributed by atoms with Crippen molar-refractivity contribution in [1.29, 1.82) is 0 Å². The third-order valence-electron chi connectivity index (χ3n) is 5.20. The Morgan fingerprint density at radius 1 is 1.03 bits per heavy atom. The number of amides is 2. The summed E-state index contributed by atoms with van der Waals surface area (Å²) in [5.74, 6) is -1.49. The summed E-state index contributed by atoms with van der Waals surface area (Å²) in [6.45, 7) is 7.78. The molecule has 0 aliphatic carbocycles. The molecule has 6 nitrogen and oxygen atoms in total. The maximum absolute atomic E-state index is 13.0. The second-order valence-electron chi connectivity index (χ2n) is 7.50. The number of carbonyl (C=O) groups excluding carboxylic acids is 2. The number of aryl methyl sites for hydroxylation is 1. The molecule has 0 aromatic heterocycles. The summed E-state index contributed by atoms with van der Waals surface area (Å²) < 4.78 is 26.1. The fourth-order valence-electron chi connectivity index (χ4n) is 3.55. The van der Waals surface area contributed by atoms with Crippen LogP contribution < -0.4 is 5.73 Å². The monoisotopic (exact) mass is 424 g/mol. The molecule has 164 valence electrons. The molecule has 0 bridgehead atoms. The first-order valence-corrected chi connectivity index (χ1v) is 12.3. The zero-order valence-corrected chi connectivity index (χ0v) is 19.0. The summed E-state index contributed by atoms with van der Waals surface area (Å²) in [5.41, 5.74) is 7.56. The molecule has 29 heavy (non-hydrogen) atoms. The van der Waals surface area contributed by atoms with Crippen molar-refractivity contribution in [3.8, 4) is 0 Å². The fourth-order valence-corrected chi connectivity index (χ4v) is 5.80. The van der Waals surface area contributed by atoms with Gasteiger partial charge in [0.25, 0.3) is 0 Å². The number of rotatable bonds is 13. The predicted molar refractivity (Wildman–Crippen MR) is 117 cm³/mol. The van der Waals surface area contributed by atoms with Crippen LogP contribution in [0.25, 0.3) is 0 Å². The smallest absolute Gasteiger partial charge is 0.241 e. The Bertz CT molecular complexity index is 771. The van der Waals surface area contributed by atoms with E-state index >= 15 is 0 Å². The third kappa shape index (κ3) is 7.46. The van der Waals surface area contributed by atoms with Gasteiger partial charge < -0.3 is 10.6 Å². The number of hydrogen-bond donors (Lipinski definition) is 1. The minimum atomic E-state index is -3.58. The van der Waals surface area contributed by atoms with E-state index in [1.807, 2.05) is 45.0 Å². The average Bonchev–Trinajstić information content (AvgIpc) is 2.69. The maximum Gasteiger partial charge on any atom is 0.241 e. The van der Waals surface area contributed by atoms with Gasteiger partial charge in [0.2, 0.25) is 11.8 Å². The number of sulfone groups is 1. The van der Waals surface area contributed by atoms with Crippen LogP contribution in [0.2, 0.25) is 0 Å². The van der Waals surface area contributed by atoms with Crippen LogP contribution in [0, 0.1) is 0 Å². The first kappa shape index (κ1) is 25.1. The lowest BCUT2D eigenvalue weighted by molar-refractivity contribution is -0.139. The predicted octanol–water partition coefficient (Wildman–Crippen LogP) is 3.23. The lowest BCUT2D eigenvalue weighted by Crippen LogP contribution is -2.52. The van der Waals surface area contributed by atoms with Crippen LogP contribution in [-0.2, 0) is 32.4 Å². The van der Waals surface area contributed by atoms with Gasteiger partial charge in [-0.3, -0.25) is 9.59 Å². The molecule has 0 aliphatic heterocycles. The molecule has 0 spiro atoms. The van der Waals surface area contributed by atoms with Crippen LogP contribution >= 0.6 is 0 Å². The van der Waals surface area contributed by atoms with Gasteiger partial charge in [0, 0.05) is 13.0 Å². The maximum atomic E-state index is 13.0. The molecule has 2 amide bonds. The molecule has 0 radical (unpaired) electrons. The van der Waals surface area contributed by atoms with Crippen LogP contribution in [0.3, 0.4) is 0 Å². The Kier molecular flexibility index (Phi) is 10.4. The van der Waals surface area contributed by atoms with Gasteiger partial charge in [-0.15, -0.1) is 0 Å². The molecule has 7 heteroatoms. The summed E-state index contributed by atoms with van der Waals surface area (Å²) in [5, 5.41) is -0.513. The van der Waals surface area contributed by atoms with Crippen molar-refractivity contribution in [2.75, 3.05) is 5.75 Å². The average molecular weight is 425 g/mol. The van der Waals surface area contributed by atoms with E-state index in [4.69, 9.17) is 5.73 Å². The van der Waals surface area contributed by atoms with Crippen molar-refractivity contribution >= 4 is 21.7 Å². The molecule has 1 aromatic rings. The molecule has 2 N–H and O–H groups in total. The van der Waals surface area contributed by atoms with Crippen molar-refractivity contribution in [3.05, 3.63) is 35.4 Å². The lowest BCUT2D eigenvalue weighted by atomic mass is 10.1. The Morgan fingerprint density at radius 3 is 2.10 bits per heavy atom. The number of nitrogens with zero attached hydrogens (tertiary/aromatic N) is 1. The van der Waals surface area contributed by atoms with Gasteiger partial charge in [-0.05, 0) is 30.4 Å². The van der Waals surface area contributed by atoms with Gasteiger partial charge in [0.1, 0.15) is 6.04 Å². The molecule has 1 atom stereocenters. The van der Waals surface area contributed by atoms with E-state index in [-0.39, 0.29) is 18.9 Å². The minimum absolute atomic E-state index is 0.163. The molecular weight excluding hydrogens is 388 g/mol. The standard InChI is InChI=1S/C22H36N2O4S/c1-5-10-19(11-6-2)29(27,28)16-20(22(23)26)24(21(25)8-4)15-18-13-9-12-17(7-3)14-18/h9,12-14,19-20H,5-8,10-11,15-16H2,1-4H3,(H2,23,26)/t20-/m1/s1. The Hall–Kier alpha value is -1.89. The van der Waals surface area contributed by atoms with E-state index in [9.17, 15) is 18.0 Å². The number of hydrogen-bond acceptors (Lipinski definition) is 4. The van der Waals surface area contributed by atoms with Crippen molar-refractivity contribution in [3.63, 3.8) is 0 Å². The van der Waals surface area contributed by atoms with E-state index in [1.165, 1.54) is 4.90 Å². The van der Waals surface area contributed by atoms with Gasteiger partial charge in [-0.25, -0.2) is 8.42 Å². The van der Waals surface area contributed by atoms with Crippen molar-refractivity contribution in [2.24, 2.45) is 5.73 Å². The number of carbonyl (C=O) groups is 2. The van der Waals surface area contributed by atoms with Crippen LogP contribution in [0.4, 0.5) is 0 Å². The third-order valence-corrected chi connectivity index (χ3v) is 7.47. The lowest BCUT2D eigenvalue weighted by Gasteiger charge is -2.31. The highest BCUT2D eigenvalue weighted by Crippen LogP contribution is 2.20. The Morgan fingerprint density at radius 2 is 1.62 bits per heavy atom. The van der Waals surface area contributed by atoms with Crippen molar-refractivity contribution in [1.82, 2.24) is 4.90 Å². The van der Waals surface area contributed by atoms with Crippen LogP contribution in [0.1, 0.15) is 70.9 Å². The SMILES string of the molecule is CCCC(CCC)S(=O)(=O)C[C@H](C(N)=O)N(Cc1cccc(CC)c1)C(=O)CC. The van der Waals surface area contributed by atoms with E-state index in [2.05, 4.69) is 0 Å². The fraction of sp³-hybridized carbons (Fsp3) is 0.636. The van der Waals surface area contributed by atoms with Gasteiger partial charge >= 0.3 is 0 Å². The van der Waals surface area contributed by atoms with Crippen LogP contribution in [0.15, 0.2) is 24.3 Å². The van der Waals surface area contributed by atoms with E-state index in [0.717, 1.165) is 30.4 Å². The first-order valence-electron chi connectivity index (χ1n) is 10.6. The highest BCUT2D eigenvalue weighted by atomic mass is 32.2. The molecular formula is C22H36N2O4S. The summed E-state index contributed by atoms with van der Waals surface area (Å²) in [6.07, 6.45) is 3.59. The number of nitrogens with two attached hydrogens (primary N) is 1. The Balaban J connectivity index is 3.23. The topological polar surface area (TPSA) is 97.5 Å². The Labute approximate surface area is 175 Å². The van der Waals surface area contributed by atoms with Crippen LogP contribution in [0.5, 0.6) is 0 Å². The number of primary amides is 1. The highest BCUT2D eigenvalue weighted by Gasteiger charge is 2.35. The zero-order valence-electron chi connectivity index (χ0n) is 18.2. The second kappa shape index (κ2) is 12.0. The molecule has 0 aliphatic rings. The number of benzene rings is 1. The highest BCUT2D eigenvalue weighted by molar-refractivity contribution is 7.92. The quantitative estimate of drug-likeness (QED) is 0.526. The largest absolute Gasteiger partial charge is 0.368 e. The summed E-state index contributed by atoms with van der Waals surface area (Å²) in [7, 11) is -3.58. The molecule has 1 rings (SSSR count). The van der Waals surface area contributed by atoms with Gasteiger partial charge in [0.15, 0.2) is 9.84 Å². The summed E-state index contributed by atoms with van der Waals surface area (Å²) in [6, 6.07) is 6.56. The van der Waals surface area contributed by atoms with Crippen LogP contribution in [-0.4, -0.2) is 42.2 Å². The van der Waals surface area contributed by atoms with Gasteiger partial charge in [-0.2, -0.15) is 0 Å². The molecule has 0 saturated heterocycles. The van der Waals surface area contributed by atoms with E-state index in [1.54, 1.807) is 6.92 Å². The molecule has 0 heterocycles. The normalized spacial score (nSPS) is 12.7. The minimum Gasteiger partial charge on any atom is -0.368 e. The van der Waals surface area contributed by atoms with Crippen molar-refractivity contribution < 1.29 is 18.0 Å². The van der Waals surface area contributed by atoms with Gasteiger partial charge in [-0.1, -0.05) is 64.8 Å².